The van der Waals surface area contributed by atoms with Gasteiger partial charge in [0.1, 0.15) is 0 Å². The van der Waals surface area contributed by atoms with Crippen LogP contribution in [-0.2, 0) is 9.59 Å². The first-order valence-electron chi connectivity index (χ1n) is 8.03. The number of carbonyl (C=O) groups excluding carboxylic acids is 2. The fraction of sp³-hybridized carbons (Fsp3) is 0.263. The molecular weight excluding hydrogens is 358 g/mol. The van der Waals surface area contributed by atoms with E-state index in [0.29, 0.717) is 4.90 Å². The number of para-hydroxylation sites is 1. The Hall–Kier alpha value is -2.41. The summed E-state index contributed by atoms with van der Waals surface area (Å²) in [6.07, 6.45) is 0. The van der Waals surface area contributed by atoms with Gasteiger partial charge < -0.3 is 10.6 Å². The molecule has 2 aromatic rings. The summed E-state index contributed by atoms with van der Waals surface area (Å²) in [5.74, 6) is -2.60. The molecular formula is C19H20F2N2O2S. The van der Waals surface area contributed by atoms with E-state index < -0.39 is 16.9 Å². The lowest BCUT2D eigenvalue weighted by molar-refractivity contribution is -0.123. The summed E-state index contributed by atoms with van der Waals surface area (Å²) >= 11 is 1.08. The minimum absolute atomic E-state index is 0.171. The standard InChI is InChI=1S/C19H20F2N2O2S/c1-11-5-4-6-12(2)18(11)23-17(24)10-22-19(25)13(3)26-14-7-8-15(20)16(21)9-14/h4-9,13H,10H2,1-3H3,(H,22,25)(H,23,24)/t13-/m1/s1. The van der Waals surface area contributed by atoms with E-state index in [-0.39, 0.29) is 18.4 Å². The summed E-state index contributed by atoms with van der Waals surface area (Å²) < 4.78 is 26.1. The van der Waals surface area contributed by atoms with Crippen LogP contribution in [0.4, 0.5) is 14.5 Å². The van der Waals surface area contributed by atoms with Gasteiger partial charge >= 0.3 is 0 Å². The molecule has 2 N–H and O–H groups in total. The van der Waals surface area contributed by atoms with Gasteiger partial charge in [0.15, 0.2) is 11.6 Å². The molecule has 0 bridgehead atoms. The maximum Gasteiger partial charge on any atom is 0.243 e. The van der Waals surface area contributed by atoms with Gasteiger partial charge in [-0.25, -0.2) is 8.78 Å². The lowest BCUT2D eigenvalue weighted by Gasteiger charge is -2.14. The maximum atomic E-state index is 13.2. The van der Waals surface area contributed by atoms with Crippen LogP contribution in [0.15, 0.2) is 41.3 Å². The SMILES string of the molecule is Cc1cccc(C)c1NC(=O)CNC(=O)[C@@H](C)Sc1ccc(F)c(F)c1. The zero-order valence-corrected chi connectivity index (χ0v) is 15.5. The highest BCUT2D eigenvalue weighted by molar-refractivity contribution is 8.00. The predicted octanol–water partition coefficient (Wildman–Crippen LogP) is 3.82. The Labute approximate surface area is 155 Å². The minimum atomic E-state index is -0.962. The van der Waals surface area contributed by atoms with Crippen LogP contribution in [-0.4, -0.2) is 23.6 Å². The van der Waals surface area contributed by atoms with Crippen molar-refractivity contribution in [2.24, 2.45) is 0 Å². The van der Waals surface area contributed by atoms with Gasteiger partial charge in [-0.3, -0.25) is 9.59 Å². The van der Waals surface area contributed by atoms with Gasteiger partial charge in [0.05, 0.1) is 11.8 Å². The molecule has 0 heterocycles. The number of thioether (sulfide) groups is 1. The number of hydrogen-bond acceptors (Lipinski definition) is 3. The largest absolute Gasteiger partial charge is 0.346 e. The Bertz CT molecular complexity index is 807. The fourth-order valence-electron chi connectivity index (χ4n) is 2.31. The lowest BCUT2D eigenvalue weighted by atomic mass is 10.1. The number of anilines is 1. The van der Waals surface area contributed by atoms with Crippen molar-refractivity contribution < 1.29 is 18.4 Å². The number of amides is 2. The van der Waals surface area contributed by atoms with E-state index in [2.05, 4.69) is 10.6 Å². The maximum absolute atomic E-state index is 13.2. The number of benzene rings is 2. The number of hydrogen-bond donors (Lipinski definition) is 2. The number of rotatable bonds is 6. The third-order valence-corrected chi connectivity index (χ3v) is 4.84. The number of aryl methyl sites for hydroxylation is 2. The number of nitrogens with one attached hydrogen (secondary N) is 2. The monoisotopic (exact) mass is 378 g/mol. The van der Waals surface area contributed by atoms with Crippen LogP contribution in [0, 0.1) is 25.5 Å². The molecule has 0 saturated heterocycles. The quantitative estimate of drug-likeness (QED) is 0.752. The Morgan fingerprint density at radius 3 is 2.35 bits per heavy atom. The van der Waals surface area contributed by atoms with E-state index in [9.17, 15) is 18.4 Å². The molecule has 2 amide bonds. The Kier molecular flexibility index (Phi) is 6.74. The highest BCUT2D eigenvalue weighted by Crippen LogP contribution is 2.25. The van der Waals surface area contributed by atoms with Gasteiger partial charge in [-0.2, -0.15) is 0 Å². The van der Waals surface area contributed by atoms with Crippen molar-refractivity contribution in [1.82, 2.24) is 5.32 Å². The Morgan fingerprint density at radius 1 is 1.08 bits per heavy atom. The summed E-state index contributed by atoms with van der Waals surface area (Å²) in [5.41, 5.74) is 2.61. The van der Waals surface area contributed by atoms with Crippen molar-refractivity contribution in [3.63, 3.8) is 0 Å². The van der Waals surface area contributed by atoms with E-state index in [4.69, 9.17) is 0 Å². The third kappa shape index (κ3) is 5.29. The van der Waals surface area contributed by atoms with Crippen LogP contribution < -0.4 is 10.6 Å². The first-order valence-corrected chi connectivity index (χ1v) is 8.91. The lowest BCUT2D eigenvalue weighted by Crippen LogP contribution is -2.37. The van der Waals surface area contributed by atoms with Gasteiger partial charge in [0.2, 0.25) is 11.8 Å². The van der Waals surface area contributed by atoms with Crippen molar-refractivity contribution in [1.29, 1.82) is 0 Å². The van der Waals surface area contributed by atoms with E-state index in [0.717, 1.165) is 40.7 Å². The topological polar surface area (TPSA) is 58.2 Å². The Balaban J connectivity index is 1.87. The number of halogens is 2. The predicted molar refractivity (Wildman–Crippen MR) is 99.2 cm³/mol. The second-order valence-corrected chi connectivity index (χ2v) is 7.28. The van der Waals surface area contributed by atoms with Crippen LogP contribution >= 0.6 is 11.8 Å². The minimum Gasteiger partial charge on any atom is -0.346 e. The normalized spacial score (nSPS) is 11.7. The summed E-state index contributed by atoms with van der Waals surface area (Å²) in [4.78, 5) is 24.6. The second-order valence-electron chi connectivity index (χ2n) is 5.87. The highest BCUT2D eigenvalue weighted by atomic mass is 32.2. The summed E-state index contributed by atoms with van der Waals surface area (Å²) in [5, 5.41) is 4.77. The molecule has 138 valence electrons. The van der Waals surface area contributed by atoms with Gasteiger partial charge in [0, 0.05) is 10.6 Å². The van der Waals surface area contributed by atoms with Crippen molar-refractivity contribution >= 4 is 29.3 Å². The molecule has 0 aromatic heterocycles. The molecule has 0 spiro atoms. The smallest absolute Gasteiger partial charge is 0.243 e. The Morgan fingerprint density at radius 2 is 1.73 bits per heavy atom. The molecule has 0 fully saturated rings. The molecule has 7 heteroatoms. The van der Waals surface area contributed by atoms with Crippen molar-refractivity contribution in [3.05, 3.63) is 59.2 Å². The van der Waals surface area contributed by atoms with Crippen LogP contribution in [0.3, 0.4) is 0 Å². The third-order valence-electron chi connectivity index (χ3n) is 3.74. The second kappa shape index (κ2) is 8.80. The molecule has 2 rings (SSSR count). The van der Waals surface area contributed by atoms with Crippen molar-refractivity contribution in [3.8, 4) is 0 Å². The average molecular weight is 378 g/mol. The molecule has 4 nitrogen and oxygen atoms in total. The number of carbonyl (C=O) groups is 2. The zero-order chi connectivity index (χ0) is 19.3. The van der Waals surface area contributed by atoms with E-state index in [1.165, 1.54) is 6.07 Å². The van der Waals surface area contributed by atoms with Gasteiger partial charge in [-0.15, -0.1) is 11.8 Å². The molecule has 0 aliphatic carbocycles. The first kappa shape index (κ1) is 19.9. The molecule has 2 aromatic carbocycles. The van der Waals surface area contributed by atoms with Crippen molar-refractivity contribution in [2.45, 2.75) is 30.9 Å². The fourth-order valence-corrected chi connectivity index (χ4v) is 3.23. The molecule has 26 heavy (non-hydrogen) atoms. The van der Waals surface area contributed by atoms with Crippen LogP contribution in [0.5, 0.6) is 0 Å². The van der Waals surface area contributed by atoms with Crippen LogP contribution in [0.2, 0.25) is 0 Å². The van der Waals surface area contributed by atoms with Gasteiger partial charge in [-0.05, 0) is 50.1 Å². The van der Waals surface area contributed by atoms with Gasteiger partial charge in [-0.1, -0.05) is 18.2 Å². The van der Waals surface area contributed by atoms with Crippen LogP contribution in [0.25, 0.3) is 0 Å². The highest BCUT2D eigenvalue weighted by Gasteiger charge is 2.16. The summed E-state index contributed by atoms with van der Waals surface area (Å²) in [7, 11) is 0. The average Bonchev–Trinajstić information content (AvgIpc) is 2.59. The molecule has 0 radical (unpaired) electrons. The van der Waals surface area contributed by atoms with Gasteiger partial charge in [0.25, 0.3) is 0 Å². The van der Waals surface area contributed by atoms with E-state index in [1.54, 1.807) is 6.92 Å². The molecule has 0 unspecified atom stereocenters. The molecule has 0 aliphatic heterocycles. The summed E-state index contributed by atoms with van der Waals surface area (Å²) in [6, 6.07) is 9.14. The first-order chi connectivity index (χ1) is 12.3. The zero-order valence-electron chi connectivity index (χ0n) is 14.7. The molecule has 1 atom stereocenters. The summed E-state index contributed by atoms with van der Waals surface area (Å²) in [6.45, 7) is 5.24. The van der Waals surface area contributed by atoms with E-state index >= 15 is 0 Å². The molecule has 0 aliphatic rings. The van der Waals surface area contributed by atoms with Crippen molar-refractivity contribution in [2.75, 3.05) is 11.9 Å². The van der Waals surface area contributed by atoms with Crippen LogP contribution in [0.1, 0.15) is 18.1 Å². The molecule has 0 saturated carbocycles. The van der Waals surface area contributed by atoms with E-state index in [1.807, 2.05) is 32.0 Å².